The third-order valence-corrected chi connectivity index (χ3v) is 5.55. The number of furan rings is 1. The Morgan fingerprint density at radius 1 is 1.16 bits per heavy atom. The molecule has 0 fully saturated rings. The van der Waals surface area contributed by atoms with Crippen molar-refractivity contribution in [2.45, 2.75) is 25.2 Å². The number of carbonyl (C=O) groups is 1. The predicted molar refractivity (Wildman–Crippen MR) is 119 cm³/mol. The predicted octanol–water partition coefficient (Wildman–Crippen LogP) is 4.68. The molecule has 0 spiro atoms. The van der Waals surface area contributed by atoms with E-state index in [2.05, 4.69) is 15.5 Å². The number of halogens is 1. The van der Waals surface area contributed by atoms with E-state index in [4.69, 9.17) is 9.15 Å². The molecule has 0 bridgehead atoms. The van der Waals surface area contributed by atoms with E-state index >= 15 is 0 Å². The highest BCUT2D eigenvalue weighted by molar-refractivity contribution is 7.99. The minimum atomic E-state index is -0.364. The molecule has 7 nitrogen and oxygen atoms in total. The Labute approximate surface area is 188 Å². The van der Waals surface area contributed by atoms with Crippen molar-refractivity contribution in [3.8, 4) is 5.75 Å². The molecule has 0 radical (unpaired) electrons. The number of thioether (sulfide) groups is 1. The number of benzene rings is 2. The lowest BCUT2D eigenvalue weighted by molar-refractivity contribution is -0.113. The van der Waals surface area contributed by atoms with Crippen molar-refractivity contribution in [3.05, 3.63) is 89.9 Å². The van der Waals surface area contributed by atoms with Crippen LogP contribution in [-0.4, -0.2) is 26.4 Å². The van der Waals surface area contributed by atoms with Crippen LogP contribution in [0.2, 0.25) is 0 Å². The van der Waals surface area contributed by atoms with Gasteiger partial charge in [-0.25, -0.2) is 4.39 Å². The van der Waals surface area contributed by atoms with Crippen molar-refractivity contribution >= 4 is 23.4 Å². The van der Waals surface area contributed by atoms with Gasteiger partial charge in [-0.2, -0.15) is 0 Å². The van der Waals surface area contributed by atoms with E-state index in [-0.39, 0.29) is 24.1 Å². The molecule has 4 aromatic rings. The first-order chi connectivity index (χ1) is 15.6. The van der Waals surface area contributed by atoms with Crippen LogP contribution in [0.15, 0.2) is 76.5 Å². The molecule has 2 aromatic heterocycles. The average Bonchev–Trinajstić information content (AvgIpc) is 3.45. The van der Waals surface area contributed by atoms with Crippen LogP contribution in [0.25, 0.3) is 0 Å². The summed E-state index contributed by atoms with van der Waals surface area (Å²) in [6.07, 6.45) is 1.60. The summed E-state index contributed by atoms with van der Waals surface area (Å²) < 4.78 is 26.8. The summed E-state index contributed by atoms with van der Waals surface area (Å²) in [5, 5.41) is 11.7. The number of hydrogen-bond acceptors (Lipinski definition) is 6. The second-order valence-electron chi connectivity index (χ2n) is 6.97. The molecular weight excluding hydrogens is 431 g/mol. The molecule has 2 heterocycles. The molecule has 2 aromatic carbocycles. The van der Waals surface area contributed by atoms with Crippen LogP contribution in [0.5, 0.6) is 5.75 Å². The first-order valence-corrected chi connectivity index (χ1v) is 10.9. The van der Waals surface area contributed by atoms with Gasteiger partial charge in [0, 0.05) is 5.69 Å². The second-order valence-corrected chi connectivity index (χ2v) is 7.91. The van der Waals surface area contributed by atoms with Gasteiger partial charge < -0.3 is 14.5 Å². The van der Waals surface area contributed by atoms with Crippen molar-refractivity contribution < 1.29 is 18.3 Å². The zero-order chi connectivity index (χ0) is 22.3. The maximum absolute atomic E-state index is 13.7. The monoisotopic (exact) mass is 452 g/mol. The number of nitrogens with zero attached hydrogens (tertiary/aromatic N) is 3. The lowest BCUT2D eigenvalue weighted by Gasteiger charge is -2.10. The highest BCUT2D eigenvalue weighted by Crippen LogP contribution is 2.21. The van der Waals surface area contributed by atoms with Crippen molar-refractivity contribution in [2.24, 2.45) is 0 Å². The van der Waals surface area contributed by atoms with Gasteiger partial charge in [0.05, 0.1) is 18.6 Å². The van der Waals surface area contributed by atoms with Gasteiger partial charge in [-0.3, -0.25) is 9.36 Å². The summed E-state index contributed by atoms with van der Waals surface area (Å²) in [4.78, 5) is 12.4. The maximum Gasteiger partial charge on any atom is 0.234 e. The smallest absolute Gasteiger partial charge is 0.234 e. The molecule has 4 rings (SSSR count). The maximum atomic E-state index is 13.7. The molecule has 9 heteroatoms. The zero-order valence-corrected chi connectivity index (χ0v) is 18.1. The third-order valence-electron chi connectivity index (χ3n) is 4.59. The molecule has 0 aliphatic rings. The number of ether oxygens (including phenoxy) is 1. The van der Waals surface area contributed by atoms with Crippen LogP contribution < -0.4 is 10.1 Å². The largest absolute Gasteiger partial charge is 0.486 e. The van der Waals surface area contributed by atoms with Gasteiger partial charge in [0.1, 0.15) is 23.9 Å². The van der Waals surface area contributed by atoms with Crippen LogP contribution in [-0.2, 0) is 17.9 Å². The fourth-order valence-electron chi connectivity index (χ4n) is 2.91. The number of hydrogen-bond donors (Lipinski definition) is 1. The van der Waals surface area contributed by atoms with Gasteiger partial charge in [0.25, 0.3) is 0 Å². The number of anilines is 1. The molecule has 164 valence electrons. The van der Waals surface area contributed by atoms with Crippen LogP contribution in [0.4, 0.5) is 10.1 Å². The fraction of sp³-hybridized carbons (Fsp3) is 0.174. The number of amides is 1. The summed E-state index contributed by atoms with van der Waals surface area (Å²) in [5.74, 6) is 1.51. The van der Waals surface area contributed by atoms with Crippen molar-refractivity contribution in [3.63, 3.8) is 0 Å². The number of aryl methyl sites for hydroxylation is 1. The minimum absolute atomic E-state index is 0.0886. The molecule has 0 saturated carbocycles. The van der Waals surface area contributed by atoms with Crippen LogP contribution >= 0.6 is 11.8 Å². The molecule has 0 unspecified atom stereocenters. The van der Waals surface area contributed by atoms with Crippen LogP contribution in [0.1, 0.15) is 17.1 Å². The normalized spacial score (nSPS) is 10.8. The number of carbonyl (C=O) groups excluding carboxylic acids is 1. The Hall–Kier alpha value is -3.59. The van der Waals surface area contributed by atoms with Gasteiger partial charge in [0.15, 0.2) is 11.0 Å². The van der Waals surface area contributed by atoms with E-state index in [0.717, 1.165) is 11.5 Å². The molecule has 0 aliphatic carbocycles. The standard InChI is InChI=1S/C23H21FN4O3S/c1-16-9-10-17(12-20(16)24)25-22(29)15-32-23-27-26-21(14-31-18-6-3-2-4-7-18)28(23)13-19-8-5-11-30-19/h2-12H,13-15H2,1H3,(H,25,29). The lowest BCUT2D eigenvalue weighted by atomic mass is 10.2. The van der Waals surface area contributed by atoms with E-state index < -0.39 is 0 Å². The topological polar surface area (TPSA) is 82.2 Å². The zero-order valence-electron chi connectivity index (χ0n) is 17.3. The molecule has 0 aliphatic heterocycles. The van der Waals surface area contributed by atoms with E-state index in [1.807, 2.05) is 41.0 Å². The van der Waals surface area contributed by atoms with Crippen LogP contribution in [0, 0.1) is 12.7 Å². The van der Waals surface area contributed by atoms with Crippen molar-refractivity contribution in [2.75, 3.05) is 11.1 Å². The number of nitrogens with one attached hydrogen (secondary N) is 1. The number of rotatable bonds is 9. The molecule has 0 atom stereocenters. The Morgan fingerprint density at radius 3 is 2.75 bits per heavy atom. The van der Waals surface area contributed by atoms with Gasteiger partial charge in [-0.1, -0.05) is 36.0 Å². The molecule has 1 amide bonds. The average molecular weight is 453 g/mol. The third kappa shape index (κ3) is 5.55. The van der Waals surface area contributed by atoms with Crippen LogP contribution in [0.3, 0.4) is 0 Å². The van der Waals surface area contributed by atoms with E-state index in [1.54, 1.807) is 31.4 Å². The van der Waals surface area contributed by atoms with Gasteiger partial charge in [-0.05, 0) is 48.9 Å². The molecule has 1 N–H and O–H groups in total. The summed E-state index contributed by atoms with van der Waals surface area (Å²) in [6, 6.07) is 17.7. The Balaban J connectivity index is 1.44. The van der Waals surface area contributed by atoms with Crippen molar-refractivity contribution in [1.29, 1.82) is 0 Å². The van der Waals surface area contributed by atoms with Gasteiger partial charge in [0.2, 0.25) is 5.91 Å². The Bertz CT molecular complexity index is 1180. The molecule has 32 heavy (non-hydrogen) atoms. The molecular formula is C23H21FN4O3S. The lowest BCUT2D eigenvalue weighted by Crippen LogP contribution is -2.15. The van der Waals surface area contributed by atoms with Gasteiger partial charge >= 0.3 is 0 Å². The summed E-state index contributed by atoms with van der Waals surface area (Å²) >= 11 is 1.23. The number of aromatic nitrogens is 3. The fourth-order valence-corrected chi connectivity index (χ4v) is 3.67. The summed E-state index contributed by atoms with van der Waals surface area (Å²) in [6.45, 7) is 2.29. The highest BCUT2D eigenvalue weighted by atomic mass is 32.2. The Morgan fingerprint density at radius 2 is 2.00 bits per heavy atom. The van der Waals surface area contributed by atoms with E-state index in [0.29, 0.717) is 28.8 Å². The first kappa shape index (κ1) is 21.6. The summed E-state index contributed by atoms with van der Waals surface area (Å²) in [5.41, 5.74) is 0.932. The molecule has 0 saturated heterocycles. The minimum Gasteiger partial charge on any atom is -0.486 e. The highest BCUT2D eigenvalue weighted by Gasteiger charge is 2.16. The SMILES string of the molecule is Cc1ccc(NC(=O)CSc2nnc(COc3ccccc3)n2Cc2ccco2)cc1F. The van der Waals surface area contributed by atoms with Gasteiger partial charge in [-0.15, -0.1) is 10.2 Å². The van der Waals surface area contributed by atoms with E-state index in [9.17, 15) is 9.18 Å². The Kier molecular flexibility index (Phi) is 6.86. The first-order valence-electron chi connectivity index (χ1n) is 9.89. The second kappa shape index (κ2) is 10.1. The summed E-state index contributed by atoms with van der Waals surface area (Å²) in [7, 11) is 0. The quantitative estimate of drug-likeness (QED) is 0.372. The van der Waals surface area contributed by atoms with Crippen molar-refractivity contribution in [1.82, 2.24) is 14.8 Å². The number of para-hydroxylation sites is 1. The van der Waals surface area contributed by atoms with E-state index in [1.165, 1.54) is 17.8 Å².